The number of phenols is 1. The Morgan fingerprint density at radius 1 is 1.60 bits per heavy atom. The standard InChI is InChI=1S/C10H11ClO4/c1-15-10(14)5-9(13)6-2-3-8(12)7(11)4-6/h2-4,9,12-13H,5H2,1H3/t9-/m0/s1. The second-order valence-electron chi connectivity index (χ2n) is 3.01. The van der Waals surface area contributed by atoms with Crippen LogP contribution >= 0.6 is 11.6 Å². The number of carbonyl (C=O) groups excluding carboxylic acids is 1. The lowest BCUT2D eigenvalue weighted by molar-refractivity contribution is -0.142. The van der Waals surface area contributed by atoms with Gasteiger partial charge in [-0.05, 0) is 17.7 Å². The van der Waals surface area contributed by atoms with Crippen molar-refractivity contribution >= 4 is 17.6 Å². The Morgan fingerprint density at radius 2 is 2.27 bits per heavy atom. The van der Waals surface area contributed by atoms with Crippen LogP contribution in [-0.2, 0) is 9.53 Å². The number of hydrogen-bond donors (Lipinski definition) is 2. The Morgan fingerprint density at radius 3 is 2.80 bits per heavy atom. The van der Waals surface area contributed by atoms with E-state index < -0.39 is 12.1 Å². The van der Waals surface area contributed by atoms with Gasteiger partial charge in [0.05, 0.1) is 24.7 Å². The molecule has 0 amide bonds. The molecule has 0 fully saturated rings. The molecular formula is C10H11ClO4. The van der Waals surface area contributed by atoms with Crippen LogP contribution in [0, 0.1) is 0 Å². The Kier molecular flexibility index (Phi) is 3.94. The van der Waals surface area contributed by atoms with E-state index in [0.717, 1.165) is 0 Å². The molecule has 1 aromatic rings. The summed E-state index contributed by atoms with van der Waals surface area (Å²) in [5, 5.41) is 18.9. The number of halogens is 1. The first-order valence-electron chi connectivity index (χ1n) is 4.28. The average molecular weight is 231 g/mol. The maximum atomic E-state index is 10.9. The van der Waals surface area contributed by atoms with Crippen molar-refractivity contribution in [1.29, 1.82) is 0 Å². The zero-order valence-corrected chi connectivity index (χ0v) is 8.86. The molecule has 0 aromatic heterocycles. The van der Waals surface area contributed by atoms with Crippen LogP contribution < -0.4 is 0 Å². The summed E-state index contributed by atoms with van der Waals surface area (Å²) >= 11 is 5.65. The maximum absolute atomic E-state index is 10.9. The average Bonchev–Trinajstić information content (AvgIpc) is 2.21. The summed E-state index contributed by atoms with van der Waals surface area (Å²) < 4.78 is 4.42. The fourth-order valence-electron chi connectivity index (χ4n) is 1.09. The number of rotatable bonds is 3. The summed E-state index contributed by atoms with van der Waals surface area (Å²) in [7, 11) is 1.25. The highest BCUT2D eigenvalue weighted by Crippen LogP contribution is 2.27. The normalized spacial score (nSPS) is 12.2. The number of aliphatic hydroxyl groups excluding tert-OH is 1. The highest BCUT2D eigenvalue weighted by Gasteiger charge is 2.14. The largest absolute Gasteiger partial charge is 0.506 e. The molecule has 0 unspecified atom stereocenters. The first-order valence-corrected chi connectivity index (χ1v) is 4.65. The maximum Gasteiger partial charge on any atom is 0.308 e. The van der Waals surface area contributed by atoms with Gasteiger partial charge in [0.15, 0.2) is 0 Å². The number of aliphatic hydroxyl groups is 1. The molecule has 0 aliphatic heterocycles. The summed E-state index contributed by atoms with van der Waals surface area (Å²) in [6, 6.07) is 4.26. The number of benzene rings is 1. The topological polar surface area (TPSA) is 66.8 Å². The van der Waals surface area contributed by atoms with Crippen LogP contribution in [0.4, 0.5) is 0 Å². The van der Waals surface area contributed by atoms with Gasteiger partial charge in [-0.25, -0.2) is 0 Å². The summed E-state index contributed by atoms with van der Waals surface area (Å²) in [5.41, 5.74) is 0.461. The first kappa shape index (κ1) is 11.8. The third-order valence-corrected chi connectivity index (χ3v) is 2.25. The lowest BCUT2D eigenvalue weighted by atomic mass is 10.1. The van der Waals surface area contributed by atoms with Gasteiger partial charge >= 0.3 is 5.97 Å². The van der Waals surface area contributed by atoms with E-state index in [1.807, 2.05) is 0 Å². The third kappa shape index (κ3) is 3.11. The number of hydrogen-bond acceptors (Lipinski definition) is 4. The molecular weight excluding hydrogens is 220 g/mol. The lowest BCUT2D eigenvalue weighted by Crippen LogP contribution is -2.07. The second-order valence-corrected chi connectivity index (χ2v) is 3.41. The smallest absolute Gasteiger partial charge is 0.308 e. The molecule has 0 aliphatic rings. The van der Waals surface area contributed by atoms with Crippen LogP contribution in [0.5, 0.6) is 5.75 Å². The van der Waals surface area contributed by atoms with E-state index >= 15 is 0 Å². The van der Waals surface area contributed by atoms with Crippen LogP contribution in [0.15, 0.2) is 18.2 Å². The van der Waals surface area contributed by atoms with E-state index in [0.29, 0.717) is 5.56 Å². The summed E-state index contributed by atoms with van der Waals surface area (Å²) in [6.45, 7) is 0. The molecule has 0 spiro atoms. The minimum Gasteiger partial charge on any atom is -0.506 e. The molecule has 0 saturated carbocycles. The van der Waals surface area contributed by atoms with Gasteiger partial charge in [-0.3, -0.25) is 4.79 Å². The minimum absolute atomic E-state index is 0.0642. The van der Waals surface area contributed by atoms with Crippen molar-refractivity contribution in [3.8, 4) is 5.75 Å². The van der Waals surface area contributed by atoms with Crippen LogP contribution in [0.3, 0.4) is 0 Å². The quantitative estimate of drug-likeness (QED) is 0.775. The zero-order chi connectivity index (χ0) is 11.4. The second kappa shape index (κ2) is 5.00. The van der Waals surface area contributed by atoms with Crippen molar-refractivity contribution in [2.45, 2.75) is 12.5 Å². The Bertz CT molecular complexity index is 364. The fourth-order valence-corrected chi connectivity index (χ4v) is 1.28. The van der Waals surface area contributed by atoms with Crippen molar-refractivity contribution < 1.29 is 19.7 Å². The van der Waals surface area contributed by atoms with E-state index in [-0.39, 0.29) is 17.2 Å². The molecule has 0 bridgehead atoms. The highest BCUT2D eigenvalue weighted by molar-refractivity contribution is 6.32. The van der Waals surface area contributed by atoms with E-state index in [1.165, 1.54) is 25.3 Å². The van der Waals surface area contributed by atoms with Crippen LogP contribution in [0.25, 0.3) is 0 Å². The van der Waals surface area contributed by atoms with Gasteiger partial charge in [0, 0.05) is 0 Å². The Hall–Kier alpha value is -1.26. The number of phenolic OH excluding ortho intramolecular Hbond substituents is 1. The molecule has 15 heavy (non-hydrogen) atoms. The molecule has 0 saturated heterocycles. The molecule has 0 radical (unpaired) electrons. The molecule has 1 aromatic carbocycles. The van der Waals surface area contributed by atoms with Gasteiger partial charge in [-0.2, -0.15) is 0 Å². The van der Waals surface area contributed by atoms with Crippen molar-refractivity contribution in [3.63, 3.8) is 0 Å². The third-order valence-electron chi connectivity index (χ3n) is 1.94. The van der Waals surface area contributed by atoms with E-state index in [1.54, 1.807) is 0 Å². The van der Waals surface area contributed by atoms with Crippen molar-refractivity contribution in [3.05, 3.63) is 28.8 Å². The molecule has 82 valence electrons. The first-order chi connectivity index (χ1) is 7.04. The molecule has 1 rings (SSSR count). The number of methoxy groups -OCH3 is 1. The number of carbonyl (C=O) groups is 1. The SMILES string of the molecule is COC(=O)C[C@H](O)c1ccc(O)c(Cl)c1. The van der Waals surface area contributed by atoms with Crippen molar-refractivity contribution in [2.75, 3.05) is 7.11 Å². The predicted octanol–water partition coefficient (Wildman–Crippen LogP) is 1.64. The van der Waals surface area contributed by atoms with E-state index in [9.17, 15) is 9.90 Å². The molecule has 0 aliphatic carbocycles. The van der Waals surface area contributed by atoms with Crippen LogP contribution in [-0.4, -0.2) is 23.3 Å². The molecule has 1 atom stereocenters. The lowest BCUT2D eigenvalue weighted by Gasteiger charge is -2.10. The van der Waals surface area contributed by atoms with Gasteiger partial charge in [0.1, 0.15) is 5.75 Å². The van der Waals surface area contributed by atoms with E-state index in [4.69, 9.17) is 16.7 Å². The molecule has 4 nitrogen and oxygen atoms in total. The van der Waals surface area contributed by atoms with Gasteiger partial charge in [-0.1, -0.05) is 17.7 Å². The molecule has 2 N–H and O–H groups in total. The number of aromatic hydroxyl groups is 1. The Labute approximate surface area is 92.1 Å². The van der Waals surface area contributed by atoms with Crippen LogP contribution in [0.2, 0.25) is 5.02 Å². The zero-order valence-electron chi connectivity index (χ0n) is 8.11. The van der Waals surface area contributed by atoms with E-state index in [2.05, 4.69) is 4.74 Å². The number of ether oxygens (including phenoxy) is 1. The molecule has 0 heterocycles. The summed E-state index contributed by atoms with van der Waals surface area (Å²) in [4.78, 5) is 10.9. The Balaban J connectivity index is 2.78. The van der Waals surface area contributed by atoms with Gasteiger partial charge in [0.2, 0.25) is 0 Å². The predicted molar refractivity (Wildman–Crippen MR) is 54.7 cm³/mol. The monoisotopic (exact) mass is 230 g/mol. The van der Waals surface area contributed by atoms with Crippen molar-refractivity contribution in [1.82, 2.24) is 0 Å². The van der Waals surface area contributed by atoms with Gasteiger partial charge in [-0.15, -0.1) is 0 Å². The summed E-state index contributed by atoms with van der Waals surface area (Å²) in [5.74, 6) is -0.572. The fraction of sp³-hybridized carbons (Fsp3) is 0.300. The highest BCUT2D eigenvalue weighted by atomic mass is 35.5. The number of esters is 1. The minimum atomic E-state index is -0.976. The van der Waals surface area contributed by atoms with Crippen LogP contribution in [0.1, 0.15) is 18.1 Å². The van der Waals surface area contributed by atoms with Gasteiger partial charge < -0.3 is 14.9 Å². The molecule has 5 heteroatoms. The summed E-state index contributed by atoms with van der Waals surface area (Å²) in [6.07, 6.45) is -1.12. The van der Waals surface area contributed by atoms with Crippen molar-refractivity contribution in [2.24, 2.45) is 0 Å². The van der Waals surface area contributed by atoms with Gasteiger partial charge in [0.25, 0.3) is 0 Å².